The molecule has 0 aliphatic carbocycles. The van der Waals surface area contributed by atoms with Crippen LogP contribution in [0.3, 0.4) is 0 Å². The highest BCUT2D eigenvalue weighted by molar-refractivity contribution is 7.07. The van der Waals surface area contributed by atoms with Crippen molar-refractivity contribution in [2.24, 2.45) is 11.8 Å². The minimum absolute atomic E-state index is 0.315. The smallest absolute Gasteiger partial charge is 0.0873 e. The Morgan fingerprint density at radius 2 is 2.41 bits per heavy atom. The quantitative estimate of drug-likeness (QED) is 0.867. The molecule has 0 spiro atoms. The second-order valence-electron chi connectivity index (χ2n) is 5.30. The van der Waals surface area contributed by atoms with E-state index in [0.717, 1.165) is 25.6 Å². The first-order valence-corrected chi connectivity index (χ1v) is 7.56. The van der Waals surface area contributed by atoms with Crippen LogP contribution in [-0.4, -0.2) is 19.7 Å². The van der Waals surface area contributed by atoms with Gasteiger partial charge in [-0.05, 0) is 47.7 Å². The van der Waals surface area contributed by atoms with E-state index in [1.165, 1.54) is 18.4 Å². The highest BCUT2D eigenvalue weighted by Crippen LogP contribution is 2.34. The molecule has 96 valence electrons. The average Bonchev–Trinajstić information content (AvgIpc) is 2.82. The molecule has 1 aliphatic heterocycles. The molecular weight excluding hydrogens is 230 g/mol. The van der Waals surface area contributed by atoms with Gasteiger partial charge in [-0.15, -0.1) is 0 Å². The monoisotopic (exact) mass is 253 g/mol. The Hall–Kier alpha value is -0.380. The van der Waals surface area contributed by atoms with Crippen molar-refractivity contribution in [3.8, 4) is 0 Å². The van der Waals surface area contributed by atoms with Crippen LogP contribution in [0.5, 0.6) is 0 Å². The summed E-state index contributed by atoms with van der Waals surface area (Å²) in [4.78, 5) is 0. The molecule has 2 nitrogen and oxygen atoms in total. The molecule has 1 aromatic rings. The molecule has 1 fully saturated rings. The van der Waals surface area contributed by atoms with E-state index in [2.05, 4.69) is 36.0 Å². The van der Waals surface area contributed by atoms with E-state index in [1.54, 1.807) is 11.3 Å². The first kappa shape index (κ1) is 13.1. The zero-order chi connectivity index (χ0) is 12.1. The van der Waals surface area contributed by atoms with Gasteiger partial charge in [0.05, 0.1) is 6.10 Å². The van der Waals surface area contributed by atoms with Crippen molar-refractivity contribution in [3.05, 3.63) is 22.4 Å². The number of hydrogen-bond donors (Lipinski definition) is 1. The first-order valence-electron chi connectivity index (χ1n) is 6.62. The van der Waals surface area contributed by atoms with Crippen molar-refractivity contribution in [1.82, 2.24) is 5.32 Å². The third-order valence-corrected chi connectivity index (χ3v) is 3.98. The van der Waals surface area contributed by atoms with Crippen LogP contribution in [0.15, 0.2) is 16.8 Å². The molecule has 0 amide bonds. The van der Waals surface area contributed by atoms with E-state index in [0.29, 0.717) is 12.0 Å². The van der Waals surface area contributed by atoms with Crippen molar-refractivity contribution < 1.29 is 4.74 Å². The third kappa shape index (κ3) is 3.80. The Bertz CT molecular complexity index is 310. The van der Waals surface area contributed by atoms with Gasteiger partial charge < -0.3 is 10.1 Å². The fraction of sp³-hybridized carbons (Fsp3) is 0.714. The van der Waals surface area contributed by atoms with Gasteiger partial charge in [0, 0.05) is 19.1 Å². The minimum Gasteiger partial charge on any atom is -0.373 e. The largest absolute Gasteiger partial charge is 0.373 e. The van der Waals surface area contributed by atoms with Crippen LogP contribution in [0.4, 0.5) is 0 Å². The maximum atomic E-state index is 5.96. The summed E-state index contributed by atoms with van der Waals surface area (Å²) in [6, 6.07) is 2.20. The number of hydrogen-bond acceptors (Lipinski definition) is 3. The second kappa shape index (κ2) is 6.53. The van der Waals surface area contributed by atoms with Gasteiger partial charge in [-0.25, -0.2) is 0 Å². The Morgan fingerprint density at radius 1 is 1.53 bits per heavy atom. The van der Waals surface area contributed by atoms with Crippen LogP contribution in [0.2, 0.25) is 0 Å². The van der Waals surface area contributed by atoms with Gasteiger partial charge in [-0.2, -0.15) is 11.3 Å². The second-order valence-corrected chi connectivity index (χ2v) is 6.08. The highest BCUT2D eigenvalue weighted by Gasteiger charge is 2.27. The number of nitrogens with one attached hydrogen (secondary N) is 1. The van der Waals surface area contributed by atoms with Crippen molar-refractivity contribution in [1.29, 1.82) is 0 Å². The lowest BCUT2D eigenvalue weighted by Crippen LogP contribution is -2.33. The first-order chi connectivity index (χ1) is 8.27. The molecular formula is C14H23NOS. The molecule has 2 atom stereocenters. The van der Waals surface area contributed by atoms with Crippen LogP contribution >= 0.6 is 11.3 Å². The SMILES string of the molecule is CC(C)CNCC1CCCOC1c1ccsc1. The summed E-state index contributed by atoms with van der Waals surface area (Å²) in [5.41, 5.74) is 1.37. The van der Waals surface area contributed by atoms with Crippen molar-refractivity contribution >= 4 is 11.3 Å². The van der Waals surface area contributed by atoms with Crippen molar-refractivity contribution in [2.45, 2.75) is 32.8 Å². The fourth-order valence-corrected chi connectivity index (χ4v) is 3.10. The molecule has 0 saturated carbocycles. The molecule has 1 aromatic heterocycles. The van der Waals surface area contributed by atoms with Gasteiger partial charge in [0.1, 0.15) is 0 Å². The molecule has 3 heteroatoms. The van der Waals surface area contributed by atoms with Gasteiger partial charge >= 0.3 is 0 Å². The number of ether oxygens (including phenoxy) is 1. The van der Waals surface area contributed by atoms with Crippen molar-refractivity contribution in [2.75, 3.05) is 19.7 Å². The van der Waals surface area contributed by atoms with E-state index >= 15 is 0 Å². The summed E-state index contributed by atoms with van der Waals surface area (Å²) in [5, 5.41) is 7.94. The van der Waals surface area contributed by atoms with Crippen LogP contribution < -0.4 is 5.32 Å². The van der Waals surface area contributed by atoms with Gasteiger partial charge in [0.2, 0.25) is 0 Å². The molecule has 0 bridgehead atoms. The molecule has 1 N–H and O–H groups in total. The molecule has 17 heavy (non-hydrogen) atoms. The molecule has 1 saturated heterocycles. The summed E-state index contributed by atoms with van der Waals surface area (Å²) in [7, 11) is 0. The van der Waals surface area contributed by atoms with Gasteiger partial charge in [0.15, 0.2) is 0 Å². The minimum atomic E-state index is 0.315. The third-order valence-electron chi connectivity index (χ3n) is 3.28. The zero-order valence-corrected chi connectivity index (χ0v) is 11.6. The Morgan fingerprint density at radius 3 is 3.12 bits per heavy atom. The standard InChI is InChI=1S/C14H23NOS/c1-11(2)8-15-9-12-4-3-6-16-14(12)13-5-7-17-10-13/h5,7,10-12,14-15H,3-4,6,8-9H2,1-2H3. The van der Waals surface area contributed by atoms with Gasteiger partial charge in [0.25, 0.3) is 0 Å². The molecule has 0 radical (unpaired) electrons. The maximum absolute atomic E-state index is 5.96. The Balaban J connectivity index is 1.89. The Labute approximate surface area is 108 Å². The van der Waals surface area contributed by atoms with Crippen LogP contribution in [0, 0.1) is 11.8 Å². The van der Waals surface area contributed by atoms with Crippen LogP contribution in [-0.2, 0) is 4.74 Å². The maximum Gasteiger partial charge on any atom is 0.0873 e. The van der Waals surface area contributed by atoms with E-state index in [-0.39, 0.29) is 0 Å². The topological polar surface area (TPSA) is 21.3 Å². The Kier molecular flexibility index (Phi) is 5.01. The summed E-state index contributed by atoms with van der Waals surface area (Å²) in [6.45, 7) is 7.61. The van der Waals surface area contributed by atoms with Crippen LogP contribution in [0.1, 0.15) is 38.4 Å². The molecule has 2 unspecified atom stereocenters. The number of thiophene rings is 1. The van der Waals surface area contributed by atoms with E-state index < -0.39 is 0 Å². The number of rotatable bonds is 5. The summed E-state index contributed by atoms with van der Waals surface area (Å²) < 4.78 is 5.96. The lowest BCUT2D eigenvalue weighted by molar-refractivity contribution is -0.0276. The normalized spacial score (nSPS) is 25.4. The predicted molar refractivity (Wildman–Crippen MR) is 73.4 cm³/mol. The van der Waals surface area contributed by atoms with Crippen LogP contribution in [0.25, 0.3) is 0 Å². The van der Waals surface area contributed by atoms with Gasteiger partial charge in [-0.1, -0.05) is 13.8 Å². The predicted octanol–water partition coefficient (Wildman–Crippen LogP) is 3.46. The van der Waals surface area contributed by atoms with Gasteiger partial charge in [-0.3, -0.25) is 0 Å². The zero-order valence-electron chi connectivity index (χ0n) is 10.8. The fourth-order valence-electron chi connectivity index (χ4n) is 2.42. The summed E-state index contributed by atoms with van der Waals surface area (Å²) in [6.07, 6.45) is 2.80. The van der Waals surface area contributed by atoms with Crippen molar-refractivity contribution in [3.63, 3.8) is 0 Å². The van der Waals surface area contributed by atoms with E-state index in [1.807, 2.05) is 0 Å². The lowest BCUT2D eigenvalue weighted by Gasteiger charge is -2.32. The summed E-state index contributed by atoms with van der Waals surface area (Å²) >= 11 is 1.76. The molecule has 1 aliphatic rings. The summed E-state index contributed by atoms with van der Waals surface area (Å²) in [5.74, 6) is 1.36. The highest BCUT2D eigenvalue weighted by atomic mass is 32.1. The molecule has 0 aromatic carbocycles. The molecule has 2 rings (SSSR count). The van der Waals surface area contributed by atoms with E-state index in [9.17, 15) is 0 Å². The average molecular weight is 253 g/mol. The molecule has 2 heterocycles. The lowest BCUT2D eigenvalue weighted by atomic mass is 9.90. The van der Waals surface area contributed by atoms with E-state index in [4.69, 9.17) is 4.74 Å².